The van der Waals surface area contributed by atoms with Gasteiger partial charge in [-0.15, -0.1) is 0 Å². The van der Waals surface area contributed by atoms with Gasteiger partial charge in [0, 0.05) is 16.8 Å². The van der Waals surface area contributed by atoms with Gasteiger partial charge in [0.25, 0.3) is 0 Å². The summed E-state index contributed by atoms with van der Waals surface area (Å²) in [5.41, 5.74) is 0.690. The summed E-state index contributed by atoms with van der Waals surface area (Å²) in [5.74, 6) is 0.942. The first kappa shape index (κ1) is 20.7. The Morgan fingerprint density at radius 1 is 1.23 bits per heavy atom. The average Bonchev–Trinajstić information content (AvgIpc) is 2.60. The van der Waals surface area contributed by atoms with Crippen LogP contribution < -0.4 is 10.6 Å². The summed E-state index contributed by atoms with van der Waals surface area (Å²) in [6, 6.07) is 6.82. The molecular formula is C20H30ClN3O2. The Bertz CT molecular complexity index is 620. The van der Waals surface area contributed by atoms with Gasteiger partial charge in [-0.1, -0.05) is 38.3 Å². The minimum Gasteiger partial charge on any atom is -0.352 e. The van der Waals surface area contributed by atoms with E-state index in [2.05, 4.69) is 24.5 Å². The van der Waals surface area contributed by atoms with Gasteiger partial charge in [-0.3, -0.25) is 14.5 Å². The summed E-state index contributed by atoms with van der Waals surface area (Å²) >= 11 is 5.84. The highest BCUT2D eigenvalue weighted by Crippen LogP contribution is 2.29. The van der Waals surface area contributed by atoms with E-state index in [0.29, 0.717) is 22.5 Å². The molecule has 1 aliphatic carbocycles. The van der Waals surface area contributed by atoms with E-state index in [0.717, 1.165) is 12.8 Å². The summed E-state index contributed by atoms with van der Waals surface area (Å²) in [4.78, 5) is 26.5. The molecule has 26 heavy (non-hydrogen) atoms. The first-order valence-electron chi connectivity index (χ1n) is 9.34. The number of benzene rings is 1. The molecule has 5 nitrogen and oxygen atoms in total. The fourth-order valence-corrected chi connectivity index (χ4v) is 3.51. The minimum absolute atomic E-state index is 0.0160. The van der Waals surface area contributed by atoms with Crippen molar-refractivity contribution in [2.24, 2.45) is 11.8 Å². The first-order valence-corrected chi connectivity index (χ1v) is 9.71. The zero-order chi connectivity index (χ0) is 19.3. The number of likely N-dealkylation sites (N-methyl/N-ethyl adjacent to an activating group) is 1. The number of amides is 2. The number of rotatable bonds is 6. The highest BCUT2D eigenvalue weighted by atomic mass is 35.5. The van der Waals surface area contributed by atoms with E-state index in [9.17, 15) is 9.59 Å². The van der Waals surface area contributed by atoms with Crippen molar-refractivity contribution in [3.05, 3.63) is 29.3 Å². The Morgan fingerprint density at radius 3 is 2.54 bits per heavy atom. The van der Waals surface area contributed by atoms with Gasteiger partial charge < -0.3 is 10.6 Å². The maximum Gasteiger partial charge on any atom is 0.238 e. The van der Waals surface area contributed by atoms with Crippen molar-refractivity contribution in [2.75, 3.05) is 18.9 Å². The quantitative estimate of drug-likeness (QED) is 0.794. The van der Waals surface area contributed by atoms with Gasteiger partial charge in [0.15, 0.2) is 0 Å². The number of anilines is 1. The number of nitrogens with one attached hydrogen (secondary N) is 2. The molecule has 1 fully saturated rings. The van der Waals surface area contributed by atoms with Gasteiger partial charge >= 0.3 is 0 Å². The van der Waals surface area contributed by atoms with Crippen molar-refractivity contribution in [3.63, 3.8) is 0 Å². The van der Waals surface area contributed by atoms with Crippen LogP contribution in [-0.4, -0.2) is 42.4 Å². The third-order valence-corrected chi connectivity index (χ3v) is 5.85. The number of halogens is 1. The van der Waals surface area contributed by atoms with Crippen LogP contribution in [0.2, 0.25) is 5.02 Å². The molecule has 0 heterocycles. The molecule has 1 aliphatic rings. The lowest BCUT2D eigenvalue weighted by atomic mass is 9.78. The summed E-state index contributed by atoms with van der Waals surface area (Å²) in [7, 11) is 1.79. The lowest BCUT2D eigenvalue weighted by Gasteiger charge is -2.36. The largest absolute Gasteiger partial charge is 0.352 e. The molecule has 0 saturated heterocycles. The van der Waals surface area contributed by atoms with Crippen LogP contribution in [0.1, 0.15) is 40.0 Å². The first-order chi connectivity index (χ1) is 12.3. The molecule has 144 valence electrons. The van der Waals surface area contributed by atoms with E-state index < -0.39 is 0 Å². The summed E-state index contributed by atoms with van der Waals surface area (Å²) in [5, 5.41) is 6.62. The molecule has 0 bridgehead atoms. The predicted octanol–water partition coefficient (Wildman–Crippen LogP) is 3.54. The van der Waals surface area contributed by atoms with Crippen molar-refractivity contribution >= 4 is 29.1 Å². The fourth-order valence-electron chi connectivity index (χ4n) is 3.39. The van der Waals surface area contributed by atoms with Crippen LogP contribution >= 0.6 is 11.6 Å². The molecular weight excluding hydrogens is 350 g/mol. The lowest BCUT2D eigenvalue weighted by Crippen LogP contribution is -2.51. The lowest BCUT2D eigenvalue weighted by molar-refractivity contribution is -0.127. The topological polar surface area (TPSA) is 61.4 Å². The maximum atomic E-state index is 12.6. The van der Waals surface area contributed by atoms with Crippen LogP contribution in [0.4, 0.5) is 5.69 Å². The van der Waals surface area contributed by atoms with Crippen LogP contribution in [0.3, 0.4) is 0 Å². The van der Waals surface area contributed by atoms with Crippen molar-refractivity contribution < 1.29 is 9.59 Å². The highest BCUT2D eigenvalue weighted by molar-refractivity contribution is 6.30. The molecule has 2 N–H and O–H groups in total. The van der Waals surface area contributed by atoms with Gasteiger partial charge in [-0.2, -0.15) is 0 Å². The molecule has 1 aromatic rings. The van der Waals surface area contributed by atoms with E-state index in [4.69, 9.17) is 11.6 Å². The smallest absolute Gasteiger partial charge is 0.238 e. The highest BCUT2D eigenvalue weighted by Gasteiger charge is 2.30. The molecule has 1 saturated carbocycles. The molecule has 0 aliphatic heterocycles. The van der Waals surface area contributed by atoms with Crippen LogP contribution in [0.5, 0.6) is 0 Å². The molecule has 2 rings (SSSR count). The number of hydrogen-bond acceptors (Lipinski definition) is 3. The summed E-state index contributed by atoms with van der Waals surface area (Å²) < 4.78 is 0. The van der Waals surface area contributed by atoms with Gasteiger partial charge in [0.05, 0.1) is 12.6 Å². The average molecular weight is 380 g/mol. The Hall–Kier alpha value is -1.59. The van der Waals surface area contributed by atoms with E-state index in [1.165, 1.54) is 6.42 Å². The molecule has 0 aromatic heterocycles. The zero-order valence-electron chi connectivity index (χ0n) is 16.1. The molecule has 1 aromatic carbocycles. The predicted molar refractivity (Wildman–Crippen MR) is 106 cm³/mol. The zero-order valence-corrected chi connectivity index (χ0v) is 16.8. The van der Waals surface area contributed by atoms with E-state index in [1.807, 2.05) is 6.92 Å². The van der Waals surface area contributed by atoms with E-state index in [1.54, 1.807) is 36.2 Å². The Balaban J connectivity index is 1.83. The third-order valence-electron chi connectivity index (χ3n) is 5.60. The SMILES string of the molecule is C[C@@H]1[C@H](C)CCC[C@H]1NC(=O)[C@@H](C)N(C)CC(=O)Nc1ccc(Cl)cc1. The van der Waals surface area contributed by atoms with Crippen LogP contribution in [0.15, 0.2) is 24.3 Å². The van der Waals surface area contributed by atoms with Crippen molar-refractivity contribution in [3.8, 4) is 0 Å². The molecule has 6 heteroatoms. The fraction of sp³-hybridized carbons (Fsp3) is 0.600. The molecule has 0 radical (unpaired) electrons. The second-order valence-corrected chi connectivity index (χ2v) is 7.96. The normalized spacial score (nSPS) is 24.2. The number of carbonyl (C=O) groups is 2. The molecule has 2 amide bonds. The van der Waals surface area contributed by atoms with E-state index >= 15 is 0 Å². The number of nitrogens with zero attached hydrogens (tertiary/aromatic N) is 1. The second-order valence-electron chi connectivity index (χ2n) is 7.53. The van der Waals surface area contributed by atoms with Crippen LogP contribution in [0, 0.1) is 11.8 Å². The van der Waals surface area contributed by atoms with Crippen LogP contribution in [0.25, 0.3) is 0 Å². The van der Waals surface area contributed by atoms with Crippen LogP contribution in [-0.2, 0) is 9.59 Å². The van der Waals surface area contributed by atoms with Crippen molar-refractivity contribution in [2.45, 2.75) is 52.1 Å². The second kappa shape index (κ2) is 9.38. The molecule has 0 spiro atoms. The standard InChI is InChI=1S/C20H30ClN3O2/c1-13-6-5-7-18(14(13)2)23-20(26)15(3)24(4)12-19(25)22-17-10-8-16(21)9-11-17/h8-11,13-15,18H,5-7,12H2,1-4H3,(H,22,25)(H,23,26)/t13-,14-,15-,18-/m1/s1. The molecule has 0 unspecified atom stereocenters. The third kappa shape index (κ3) is 5.71. The Labute approximate surface area is 161 Å². The van der Waals surface area contributed by atoms with Gasteiger partial charge in [-0.25, -0.2) is 0 Å². The number of hydrogen-bond donors (Lipinski definition) is 2. The summed E-state index contributed by atoms with van der Waals surface area (Å²) in [6.45, 7) is 6.44. The Morgan fingerprint density at radius 2 is 1.88 bits per heavy atom. The van der Waals surface area contributed by atoms with Gasteiger partial charge in [-0.05, 0) is 56.5 Å². The Kier molecular flexibility index (Phi) is 7.47. The number of carbonyl (C=O) groups excluding carboxylic acids is 2. The van der Waals surface area contributed by atoms with Crippen molar-refractivity contribution in [1.29, 1.82) is 0 Å². The van der Waals surface area contributed by atoms with Crippen molar-refractivity contribution in [1.82, 2.24) is 10.2 Å². The van der Waals surface area contributed by atoms with Gasteiger partial charge in [0.1, 0.15) is 0 Å². The van der Waals surface area contributed by atoms with Gasteiger partial charge in [0.2, 0.25) is 11.8 Å². The molecule has 4 atom stereocenters. The van der Waals surface area contributed by atoms with E-state index in [-0.39, 0.29) is 30.4 Å². The maximum absolute atomic E-state index is 12.6. The monoisotopic (exact) mass is 379 g/mol. The summed E-state index contributed by atoms with van der Waals surface area (Å²) in [6.07, 6.45) is 3.42. The minimum atomic E-state index is -0.365.